The molecule has 0 atom stereocenters. The molecular formula is C15H15N3O6S. The Kier molecular flexibility index (Phi) is 6.43. The SMILES string of the molecule is COCCOC(=O)Nc1cccc(NC(=O)c2ccc([N+](=O)[O-])s2)c1. The summed E-state index contributed by atoms with van der Waals surface area (Å²) in [6.45, 7) is 0.409. The standard InChI is InChI=1S/C15H15N3O6S/c1-23-7-8-24-15(20)17-11-4-2-3-10(9-11)16-14(19)12-5-6-13(25-12)18(21)22/h2-6,9H,7-8H2,1H3,(H,16,19)(H,17,20). The van der Waals surface area contributed by atoms with Crippen LogP contribution in [-0.2, 0) is 9.47 Å². The highest BCUT2D eigenvalue weighted by Gasteiger charge is 2.15. The van der Waals surface area contributed by atoms with E-state index in [9.17, 15) is 19.7 Å². The third-order valence-corrected chi connectivity index (χ3v) is 3.92. The molecule has 2 rings (SSSR count). The molecule has 25 heavy (non-hydrogen) atoms. The number of carbonyl (C=O) groups is 2. The Morgan fingerprint density at radius 2 is 1.88 bits per heavy atom. The number of ether oxygens (including phenoxy) is 2. The smallest absolute Gasteiger partial charge is 0.411 e. The molecule has 10 heteroatoms. The Morgan fingerprint density at radius 3 is 2.52 bits per heavy atom. The number of thiophene rings is 1. The molecule has 0 saturated carbocycles. The molecule has 2 aromatic rings. The summed E-state index contributed by atoms with van der Waals surface area (Å²) in [5, 5.41) is 15.7. The summed E-state index contributed by atoms with van der Waals surface area (Å²) in [5.41, 5.74) is 0.855. The lowest BCUT2D eigenvalue weighted by Gasteiger charge is -2.09. The van der Waals surface area contributed by atoms with Crippen molar-refractivity contribution in [2.24, 2.45) is 0 Å². The number of anilines is 2. The molecule has 0 aliphatic carbocycles. The van der Waals surface area contributed by atoms with Crippen LogP contribution in [0.15, 0.2) is 36.4 Å². The van der Waals surface area contributed by atoms with Crippen LogP contribution in [0.1, 0.15) is 9.67 Å². The van der Waals surface area contributed by atoms with Gasteiger partial charge in [0.25, 0.3) is 5.91 Å². The minimum absolute atomic E-state index is 0.112. The van der Waals surface area contributed by atoms with Crippen LogP contribution in [0.3, 0.4) is 0 Å². The van der Waals surface area contributed by atoms with Crippen LogP contribution in [0.4, 0.5) is 21.2 Å². The van der Waals surface area contributed by atoms with E-state index in [2.05, 4.69) is 10.6 Å². The summed E-state index contributed by atoms with van der Waals surface area (Å²) < 4.78 is 9.65. The maximum absolute atomic E-state index is 12.1. The third kappa shape index (κ3) is 5.55. The summed E-state index contributed by atoms with van der Waals surface area (Å²) in [6.07, 6.45) is -0.644. The van der Waals surface area contributed by atoms with E-state index in [-0.39, 0.29) is 23.1 Å². The first-order chi connectivity index (χ1) is 12.0. The largest absolute Gasteiger partial charge is 0.447 e. The molecule has 0 unspecified atom stereocenters. The molecular weight excluding hydrogens is 350 g/mol. The van der Waals surface area contributed by atoms with Gasteiger partial charge >= 0.3 is 11.1 Å². The summed E-state index contributed by atoms with van der Waals surface area (Å²) >= 11 is 0.782. The fourth-order valence-electron chi connectivity index (χ4n) is 1.79. The van der Waals surface area contributed by atoms with Crippen LogP contribution in [0.5, 0.6) is 0 Å². The van der Waals surface area contributed by atoms with Crippen molar-refractivity contribution < 1.29 is 24.0 Å². The maximum atomic E-state index is 12.1. The van der Waals surface area contributed by atoms with Gasteiger partial charge in [0.05, 0.1) is 16.4 Å². The third-order valence-electron chi connectivity index (χ3n) is 2.88. The monoisotopic (exact) mass is 365 g/mol. The molecule has 0 fully saturated rings. The number of hydrogen-bond donors (Lipinski definition) is 2. The highest BCUT2D eigenvalue weighted by molar-refractivity contribution is 7.17. The van der Waals surface area contributed by atoms with E-state index >= 15 is 0 Å². The second kappa shape index (κ2) is 8.76. The quantitative estimate of drug-likeness (QED) is 0.442. The van der Waals surface area contributed by atoms with Crippen LogP contribution < -0.4 is 10.6 Å². The molecule has 9 nitrogen and oxygen atoms in total. The van der Waals surface area contributed by atoms with Gasteiger partial charge < -0.3 is 14.8 Å². The van der Waals surface area contributed by atoms with Crippen LogP contribution in [0, 0.1) is 10.1 Å². The van der Waals surface area contributed by atoms with E-state index in [1.54, 1.807) is 18.2 Å². The maximum Gasteiger partial charge on any atom is 0.411 e. The highest BCUT2D eigenvalue weighted by atomic mass is 32.1. The molecule has 132 valence electrons. The van der Waals surface area contributed by atoms with Crippen LogP contribution >= 0.6 is 11.3 Å². The average Bonchev–Trinajstić information content (AvgIpc) is 3.06. The number of hydrogen-bond acceptors (Lipinski definition) is 7. The minimum Gasteiger partial charge on any atom is -0.447 e. The molecule has 0 saturated heterocycles. The van der Waals surface area contributed by atoms with Gasteiger partial charge in [-0.3, -0.25) is 20.2 Å². The van der Waals surface area contributed by atoms with Crippen LogP contribution in [0.2, 0.25) is 0 Å². The van der Waals surface area contributed by atoms with Crippen molar-refractivity contribution in [3.05, 3.63) is 51.4 Å². The minimum atomic E-state index is -0.644. The van der Waals surface area contributed by atoms with Crippen molar-refractivity contribution in [1.82, 2.24) is 0 Å². The Bertz CT molecular complexity index is 776. The van der Waals surface area contributed by atoms with E-state index in [1.165, 1.54) is 25.3 Å². The molecule has 2 amide bonds. The lowest BCUT2D eigenvalue weighted by molar-refractivity contribution is -0.380. The van der Waals surface area contributed by atoms with Gasteiger partial charge in [-0.2, -0.15) is 0 Å². The van der Waals surface area contributed by atoms with Crippen molar-refractivity contribution in [3.63, 3.8) is 0 Å². The van der Waals surface area contributed by atoms with E-state index in [4.69, 9.17) is 9.47 Å². The highest BCUT2D eigenvalue weighted by Crippen LogP contribution is 2.25. The number of methoxy groups -OCH3 is 1. The van der Waals surface area contributed by atoms with E-state index in [0.29, 0.717) is 11.4 Å². The lowest BCUT2D eigenvalue weighted by atomic mass is 10.2. The number of nitrogens with one attached hydrogen (secondary N) is 2. The van der Waals surface area contributed by atoms with Crippen LogP contribution in [0.25, 0.3) is 0 Å². The summed E-state index contributed by atoms with van der Waals surface area (Å²) in [7, 11) is 1.50. The summed E-state index contributed by atoms with van der Waals surface area (Å²) in [6, 6.07) is 9.08. The zero-order valence-corrected chi connectivity index (χ0v) is 14.0. The van der Waals surface area contributed by atoms with Gasteiger partial charge in [-0.1, -0.05) is 17.4 Å². The molecule has 2 N–H and O–H groups in total. The first-order valence-corrected chi connectivity index (χ1v) is 7.89. The van der Waals surface area contributed by atoms with Crippen molar-refractivity contribution in [3.8, 4) is 0 Å². The van der Waals surface area contributed by atoms with Gasteiger partial charge in [-0.25, -0.2) is 4.79 Å². The fourth-order valence-corrected chi connectivity index (χ4v) is 2.50. The first-order valence-electron chi connectivity index (χ1n) is 7.08. The molecule has 0 spiro atoms. The second-order valence-electron chi connectivity index (χ2n) is 4.68. The van der Waals surface area contributed by atoms with Gasteiger partial charge in [0.15, 0.2) is 0 Å². The normalized spacial score (nSPS) is 10.1. The number of carbonyl (C=O) groups excluding carboxylic acids is 2. The molecule has 1 aromatic heterocycles. The molecule has 0 bridgehead atoms. The predicted octanol–water partition coefficient (Wildman–Crippen LogP) is 3.10. The van der Waals surface area contributed by atoms with Crippen molar-refractivity contribution in [2.75, 3.05) is 31.0 Å². The Hall–Kier alpha value is -2.98. The Balaban J connectivity index is 1.97. The molecule has 0 aliphatic heterocycles. The van der Waals surface area contributed by atoms with Crippen molar-refractivity contribution in [2.45, 2.75) is 0 Å². The molecule has 1 heterocycles. The summed E-state index contributed by atoms with van der Waals surface area (Å²) in [5.74, 6) is -0.474. The van der Waals surface area contributed by atoms with Gasteiger partial charge in [-0.15, -0.1) is 0 Å². The zero-order chi connectivity index (χ0) is 18.2. The van der Waals surface area contributed by atoms with E-state index in [1.807, 2.05) is 0 Å². The second-order valence-corrected chi connectivity index (χ2v) is 5.75. The van der Waals surface area contributed by atoms with Crippen molar-refractivity contribution in [1.29, 1.82) is 0 Å². The number of amides is 2. The van der Waals surface area contributed by atoms with Crippen molar-refractivity contribution >= 4 is 39.7 Å². The Morgan fingerprint density at radius 1 is 1.16 bits per heavy atom. The van der Waals surface area contributed by atoms with E-state index < -0.39 is 16.9 Å². The van der Waals surface area contributed by atoms with E-state index in [0.717, 1.165) is 11.3 Å². The molecule has 0 radical (unpaired) electrons. The zero-order valence-electron chi connectivity index (χ0n) is 13.2. The first kappa shape index (κ1) is 18.4. The number of benzene rings is 1. The predicted molar refractivity (Wildman–Crippen MR) is 92.2 cm³/mol. The number of nitrogens with zero attached hydrogens (tertiary/aromatic N) is 1. The summed E-state index contributed by atoms with van der Waals surface area (Å²) in [4.78, 5) is 34.0. The van der Waals surface area contributed by atoms with Gasteiger partial charge in [-0.05, 0) is 24.3 Å². The van der Waals surface area contributed by atoms with Gasteiger partial charge in [0, 0.05) is 24.6 Å². The van der Waals surface area contributed by atoms with Crippen LogP contribution in [-0.4, -0.2) is 37.2 Å². The fraction of sp³-hybridized carbons (Fsp3) is 0.200. The Labute approximate surface area is 146 Å². The molecule has 0 aliphatic rings. The number of rotatable bonds is 7. The average molecular weight is 365 g/mol. The van der Waals surface area contributed by atoms with Gasteiger partial charge in [0.1, 0.15) is 6.61 Å². The lowest BCUT2D eigenvalue weighted by Crippen LogP contribution is -2.16. The van der Waals surface area contributed by atoms with Gasteiger partial charge in [0.2, 0.25) is 0 Å². The number of nitro groups is 1. The topological polar surface area (TPSA) is 120 Å². The molecule has 1 aromatic carbocycles.